The lowest BCUT2D eigenvalue weighted by molar-refractivity contribution is -0.384. The van der Waals surface area contributed by atoms with Crippen LogP contribution in [0, 0.1) is 10.1 Å². The molecule has 0 aliphatic rings. The SMILES string of the molecule is COc1ccccc1OCCNc1cc(Cl)ccc1[N+](=O)[O-]. The topological polar surface area (TPSA) is 73.6 Å². The summed E-state index contributed by atoms with van der Waals surface area (Å²) in [6, 6.07) is 11.6. The molecule has 0 aliphatic carbocycles. The minimum absolute atomic E-state index is 0.0262. The van der Waals surface area contributed by atoms with Crippen LogP contribution in [-0.2, 0) is 0 Å². The van der Waals surface area contributed by atoms with Gasteiger partial charge >= 0.3 is 0 Å². The minimum atomic E-state index is -0.459. The fraction of sp³-hybridized carbons (Fsp3) is 0.200. The lowest BCUT2D eigenvalue weighted by Crippen LogP contribution is -2.12. The molecule has 116 valence electrons. The van der Waals surface area contributed by atoms with Gasteiger partial charge in [0, 0.05) is 17.6 Å². The van der Waals surface area contributed by atoms with Crippen LogP contribution in [0.25, 0.3) is 0 Å². The van der Waals surface area contributed by atoms with E-state index < -0.39 is 4.92 Å². The molecule has 0 saturated carbocycles. The molecule has 0 atom stereocenters. The van der Waals surface area contributed by atoms with Crippen molar-refractivity contribution >= 4 is 23.0 Å². The minimum Gasteiger partial charge on any atom is -0.493 e. The predicted molar refractivity (Wildman–Crippen MR) is 85.1 cm³/mol. The van der Waals surface area contributed by atoms with Crippen LogP contribution < -0.4 is 14.8 Å². The molecule has 0 fully saturated rings. The number of halogens is 1. The van der Waals surface area contributed by atoms with Crippen molar-refractivity contribution in [1.82, 2.24) is 0 Å². The van der Waals surface area contributed by atoms with E-state index in [1.807, 2.05) is 12.1 Å². The largest absolute Gasteiger partial charge is 0.493 e. The van der Waals surface area contributed by atoms with Crippen molar-refractivity contribution in [2.24, 2.45) is 0 Å². The number of hydrogen-bond donors (Lipinski definition) is 1. The van der Waals surface area contributed by atoms with Crippen molar-refractivity contribution in [3.8, 4) is 11.5 Å². The highest BCUT2D eigenvalue weighted by molar-refractivity contribution is 6.31. The number of nitro groups is 1. The first-order chi connectivity index (χ1) is 10.6. The van der Waals surface area contributed by atoms with Crippen molar-refractivity contribution < 1.29 is 14.4 Å². The van der Waals surface area contributed by atoms with E-state index in [2.05, 4.69) is 5.32 Å². The second-order valence-corrected chi connectivity index (χ2v) is 4.78. The molecule has 0 aromatic heterocycles. The van der Waals surface area contributed by atoms with Gasteiger partial charge in [0.05, 0.1) is 12.0 Å². The van der Waals surface area contributed by atoms with Crippen LogP contribution in [-0.4, -0.2) is 25.2 Å². The number of methoxy groups -OCH3 is 1. The van der Waals surface area contributed by atoms with E-state index in [9.17, 15) is 10.1 Å². The smallest absolute Gasteiger partial charge is 0.292 e. The van der Waals surface area contributed by atoms with Crippen LogP contribution in [0.1, 0.15) is 0 Å². The van der Waals surface area contributed by atoms with Gasteiger partial charge in [0.15, 0.2) is 11.5 Å². The zero-order valence-corrected chi connectivity index (χ0v) is 12.7. The second-order valence-electron chi connectivity index (χ2n) is 4.34. The molecule has 1 N–H and O–H groups in total. The molecule has 7 heteroatoms. The third-order valence-corrected chi connectivity index (χ3v) is 3.13. The Bertz CT molecular complexity index is 664. The van der Waals surface area contributed by atoms with Crippen molar-refractivity contribution in [3.63, 3.8) is 0 Å². The van der Waals surface area contributed by atoms with Gasteiger partial charge in [-0.05, 0) is 24.3 Å². The average Bonchev–Trinajstić information content (AvgIpc) is 2.51. The molecule has 2 rings (SSSR count). The highest BCUT2D eigenvalue weighted by Crippen LogP contribution is 2.28. The summed E-state index contributed by atoms with van der Waals surface area (Å²) in [4.78, 5) is 10.5. The first-order valence-electron chi connectivity index (χ1n) is 6.55. The summed E-state index contributed by atoms with van der Waals surface area (Å²) in [7, 11) is 1.57. The molecule has 22 heavy (non-hydrogen) atoms. The van der Waals surface area contributed by atoms with Crippen LogP contribution in [0.3, 0.4) is 0 Å². The number of nitrogens with one attached hydrogen (secondary N) is 1. The summed E-state index contributed by atoms with van der Waals surface area (Å²) < 4.78 is 10.8. The Morgan fingerprint density at radius 3 is 2.64 bits per heavy atom. The first-order valence-corrected chi connectivity index (χ1v) is 6.93. The van der Waals surface area contributed by atoms with Crippen molar-refractivity contribution in [2.45, 2.75) is 0 Å². The number of nitrogens with zero attached hydrogens (tertiary/aromatic N) is 1. The molecular formula is C15H15ClN2O4. The van der Waals surface area contributed by atoms with E-state index >= 15 is 0 Å². The van der Waals surface area contributed by atoms with Gasteiger partial charge in [0.1, 0.15) is 12.3 Å². The maximum absolute atomic E-state index is 10.9. The summed E-state index contributed by atoms with van der Waals surface area (Å²) in [5, 5.41) is 14.3. The highest BCUT2D eigenvalue weighted by Gasteiger charge is 2.13. The van der Waals surface area contributed by atoms with E-state index in [0.717, 1.165) is 0 Å². The fourth-order valence-electron chi connectivity index (χ4n) is 1.89. The van der Waals surface area contributed by atoms with Crippen LogP contribution in [0.5, 0.6) is 11.5 Å². The number of benzene rings is 2. The molecule has 0 aliphatic heterocycles. The van der Waals surface area contributed by atoms with Gasteiger partial charge in [0.25, 0.3) is 5.69 Å². The van der Waals surface area contributed by atoms with Crippen LogP contribution in [0.2, 0.25) is 5.02 Å². The van der Waals surface area contributed by atoms with Gasteiger partial charge in [-0.2, -0.15) is 0 Å². The predicted octanol–water partition coefficient (Wildman–Crippen LogP) is 3.75. The van der Waals surface area contributed by atoms with Crippen LogP contribution >= 0.6 is 11.6 Å². The van der Waals surface area contributed by atoms with Crippen molar-refractivity contribution in [1.29, 1.82) is 0 Å². The third kappa shape index (κ3) is 4.02. The van der Waals surface area contributed by atoms with Crippen molar-refractivity contribution in [2.75, 3.05) is 25.6 Å². The zero-order valence-electron chi connectivity index (χ0n) is 11.9. The number of hydrogen-bond acceptors (Lipinski definition) is 5. The summed E-state index contributed by atoms with van der Waals surface area (Å²) in [6.07, 6.45) is 0. The molecule has 0 amide bonds. The highest BCUT2D eigenvalue weighted by atomic mass is 35.5. The van der Waals surface area contributed by atoms with Crippen molar-refractivity contribution in [3.05, 3.63) is 57.6 Å². The quantitative estimate of drug-likeness (QED) is 0.477. The normalized spacial score (nSPS) is 10.1. The third-order valence-electron chi connectivity index (χ3n) is 2.90. The molecular weight excluding hydrogens is 308 g/mol. The lowest BCUT2D eigenvalue weighted by Gasteiger charge is -2.11. The van der Waals surface area contributed by atoms with Gasteiger partial charge < -0.3 is 14.8 Å². The Labute approximate surface area is 132 Å². The number of rotatable bonds is 7. The lowest BCUT2D eigenvalue weighted by atomic mass is 10.2. The molecule has 0 bridgehead atoms. The van der Waals surface area contributed by atoms with Gasteiger partial charge in [-0.25, -0.2) is 0 Å². The Balaban J connectivity index is 1.94. The maximum atomic E-state index is 10.9. The second kappa shape index (κ2) is 7.51. The van der Waals surface area contributed by atoms with Crippen LogP contribution in [0.15, 0.2) is 42.5 Å². The first kappa shape index (κ1) is 15.9. The standard InChI is InChI=1S/C15H15ClN2O4/c1-21-14-4-2-3-5-15(14)22-9-8-17-12-10-11(16)6-7-13(12)18(19)20/h2-7,10,17H,8-9H2,1H3. The number of para-hydroxylation sites is 2. The zero-order chi connectivity index (χ0) is 15.9. The summed E-state index contributed by atoms with van der Waals surface area (Å²) in [5.74, 6) is 1.25. The van der Waals surface area contributed by atoms with Crippen LogP contribution in [0.4, 0.5) is 11.4 Å². The van der Waals surface area contributed by atoms with Gasteiger partial charge in [-0.15, -0.1) is 0 Å². The number of nitro benzene ring substituents is 1. The maximum Gasteiger partial charge on any atom is 0.292 e. The van der Waals surface area contributed by atoms with E-state index in [0.29, 0.717) is 35.4 Å². The molecule has 6 nitrogen and oxygen atoms in total. The Morgan fingerprint density at radius 2 is 1.95 bits per heavy atom. The molecule has 0 unspecified atom stereocenters. The van der Waals surface area contributed by atoms with Gasteiger partial charge in [-0.3, -0.25) is 10.1 Å². The van der Waals surface area contributed by atoms with E-state index in [4.69, 9.17) is 21.1 Å². The molecule has 0 heterocycles. The Hall–Kier alpha value is -2.47. The Morgan fingerprint density at radius 1 is 1.23 bits per heavy atom. The average molecular weight is 323 g/mol. The summed E-state index contributed by atoms with van der Waals surface area (Å²) >= 11 is 5.86. The Kier molecular flexibility index (Phi) is 5.43. The molecule has 0 spiro atoms. The van der Waals surface area contributed by atoms with Gasteiger partial charge in [0.2, 0.25) is 0 Å². The molecule has 0 radical (unpaired) electrons. The number of anilines is 1. The fourth-order valence-corrected chi connectivity index (χ4v) is 2.07. The number of ether oxygens (including phenoxy) is 2. The van der Waals surface area contributed by atoms with E-state index in [1.165, 1.54) is 18.2 Å². The molecule has 2 aromatic rings. The summed E-state index contributed by atoms with van der Waals surface area (Å²) in [5.41, 5.74) is 0.336. The molecule has 2 aromatic carbocycles. The monoisotopic (exact) mass is 322 g/mol. The molecule has 0 saturated heterocycles. The van der Waals surface area contributed by atoms with E-state index in [-0.39, 0.29) is 5.69 Å². The summed E-state index contributed by atoms with van der Waals surface area (Å²) in [6.45, 7) is 0.712. The van der Waals surface area contributed by atoms with Gasteiger partial charge in [-0.1, -0.05) is 23.7 Å². The van der Waals surface area contributed by atoms with E-state index in [1.54, 1.807) is 19.2 Å².